The molecule has 0 saturated carbocycles. The molecule has 4 heteroatoms. The molecule has 1 aromatic carbocycles. The van der Waals surface area contributed by atoms with Crippen molar-refractivity contribution in [3.05, 3.63) is 42.5 Å². The highest BCUT2D eigenvalue weighted by atomic mass is 15.3. The quantitative estimate of drug-likeness (QED) is 0.866. The van der Waals surface area contributed by atoms with Crippen molar-refractivity contribution in [1.82, 2.24) is 15.1 Å². The van der Waals surface area contributed by atoms with Gasteiger partial charge in [0.1, 0.15) is 0 Å². The summed E-state index contributed by atoms with van der Waals surface area (Å²) in [5.41, 5.74) is 2.04. The van der Waals surface area contributed by atoms with E-state index in [9.17, 15) is 0 Å². The molecule has 1 aliphatic heterocycles. The zero-order chi connectivity index (χ0) is 14.7. The Morgan fingerprint density at radius 2 is 1.57 bits per heavy atom. The van der Waals surface area contributed by atoms with Gasteiger partial charge in [0.15, 0.2) is 5.82 Å². The van der Waals surface area contributed by atoms with Gasteiger partial charge in [-0.25, -0.2) is 0 Å². The zero-order valence-corrected chi connectivity index (χ0v) is 12.7. The topological polar surface area (TPSA) is 32.3 Å². The minimum Gasteiger partial charge on any atom is -0.353 e. The molecule has 0 N–H and O–H groups in total. The van der Waals surface area contributed by atoms with Crippen LogP contribution in [0.1, 0.15) is 13.8 Å². The van der Waals surface area contributed by atoms with Crippen LogP contribution in [0.4, 0.5) is 5.82 Å². The smallest absolute Gasteiger partial charge is 0.151 e. The Bertz CT molecular complexity index is 557. The highest BCUT2D eigenvalue weighted by molar-refractivity contribution is 5.59. The monoisotopic (exact) mass is 282 g/mol. The van der Waals surface area contributed by atoms with Gasteiger partial charge in [-0.1, -0.05) is 30.3 Å². The minimum atomic E-state index is 0.624. The SMILES string of the molecule is CC(C)N1CCN(c2ccc(-c3ccccc3)nn2)CC1. The Kier molecular flexibility index (Phi) is 4.15. The normalized spacial score (nSPS) is 16.4. The van der Waals surface area contributed by atoms with Crippen molar-refractivity contribution in [2.45, 2.75) is 19.9 Å². The predicted molar refractivity (Wildman–Crippen MR) is 86.4 cm³/mol. The number of aromatic nitrogens is 2. The molecule has 1 aromatic heterocycles. The van der Waals surface area contributed by atoms with Crippen LogP contribution in [0.3, 0.4) is 0 Å². The predicted octanol–water partition coefficient (Wildman–Crippen LogP) is 2.67. The van der Waals surface area contributed by atoms with Crippen LogP contribution in [0.15, 0.2) is 42.5 Å². The third-order valence-electron chi connectivity index (χ3n) is 4.09. The largest absolute Gasteiger partial charge is 0.353 e. The minimum absolute atomic E-state index is 0.624. The summed E-state index contributed by atoms with van der Waals surface area (Å²) in [4.78, 5) is 4.82. The van der Waals surface area contributed by atoms with E-state index in [0.29, 0.717) is 6.04 Å². The van der Waals surface area contributed by atoms with Crippen molar-refractivity contribution >= 4 is 5.82 Å². The number of nitrogens with zero attached hydrogens (tertiary/aromatic N) is 4. The molecule has 0 radical (unpaired) electrons. The van der Waals surface area contributed by atoms with Crippen LogP contribution in [0, 0.1) is 0 Å². The maximum atomic E-state index is 4.41. The molecule has 4 nitrogen and oxygen atoms in total. The Balaban J connectivity index is 1.68. The molecular formula is C17H22N4. The Labute approximate surface area is 126 Å². The van der Waals surface area contributed by atoms with Gasteiger partial charge in [-0.3, -0.25) is 4.90 Å². The van der Waals surface area contributed by atoms with Crippen LogP contribution in [0.5, 0.6) is 0 Å². The summed E-state index contributed by atoms with van der Waals surface area (Å²) < 4.78 is 0. The van der Waals surface area contributed by atoms with E-state index in [1.807, 2.05) is 18.2 Å². The lowest BCUT2D eigenvalue weighted by molar-refractivity contribution is 0.209. The number of anilines is 1. The Morgan fingerprint density at radius 3 is 2.14 bits per heavy atom. The van der Waals surface area contributed by atoms with Gasteiger partial charge in [-0.2, -0.15) is 0 Å². The molecule has 2 aromatic rings. The van der Waals surface area contributed by atoms with E-state index in [1.165, 1.54) is 0 Å². The number of hydrogen-bond donors (Lipinski definition) is 0. The first-order valence-electron chi connectivity index (χ1n) is 7.62. The number of rotatable bonds is 3. The first kappa shape index (κ1) is 14.0. The van der Waals surface area contributed by atoms with Gasteiger partial charge in [0.05, 0.1) is 5.69 Å². The van der Waals surface area contributed by atoms with E-state index in [2.05, 4.69) is 58.1 Å². The summed E-state index contributed by atoms with van der Waals surface area (Å²) in [6.45, 7) is 8.75. The molecule has 0 unspecified atom stereocenters. The average Bonchev–Trinajstić information content (AvgIpc) is 2.56. The fourth-order valence-electron chi connectivity index (χ4n) is 2.72. The van der Waals surface area contributed by atoms with Crippen LogP contribution >= 0.6 is 0 Å². The van der Waals surface area contributed by atoms with Gasteiger partial charge in [0.25, 0.3) is 0 Å². The zero-order valence-electron chi connectivity index (χ0n) is 12.7. The summed E-state index contributed by atoms with van der Waals surface area (Å²) in [6, 6.07) is 15.0. The second-order valence-electron chi connectivity index (χ2n) is 5.76. The van der Waals surface area contributed by atoms with Gasteiger partial charge in [0, 0.05) is 37.8 Å². The van der Waals surface area contributed by atoms with E-state index >= 15 is 0 Å². The lowest BCUT2D eigenvalue weighted by atomic mass is 10.1. The summed E-state index contributed by atoms with van der Waals surface area (Å²) in [7, 11) is 0. The lowest BCUT2D eigenvalue weighted by Crippen LogP contribution is -2.49. The van der Waals surface area contributed by atoms with E-state index in [0.717, 1.165) is 43.3 Å². The Morgan fingerprint density at radius 1 is 0.857 bits per heavy atom. The number of hydrogen-bond acceptors (Lipinski definition) is 4. The van der Waals surface area contributed by atoms with Crippen molar-refractivity contribution in [2.75, 3.05) is 31.1 Å². The van der Waals surface area contributed by atoms with Gasteiger partial charge < -0.3 is 4.90 Å². The highest BCUT2D eigenvalue weighted by Crippen LogP contribution is 2.19. The molecule has 1 fully saturated rings. The summed E-state index contributed by atoms with van der Waals surface area (Å²) in [6.07, 6.45) is 0. The standard InChI is InChI=1S/C17H22N4/c1-14(2)20-10-12-21(13-11-20)17-9-8-16(18-19-17)15-6-4-3-5-7-15/h3-9,14H,10-13H2,1-2H3. The molecule has 0 aliphatic carbocycles. The second-order valence-corrected chi connectivity index (χ2v) is 5.76. The fourth-order valence-corrected chi connectivity index (χ4v) is 2.72. The second kappa shape index (κ2) is 6.22. The first-order valence-corrected chi connectivity index (χ1v) is 7.62. The Hall–Kier alpha value is -1.94. The third-order valence-corrected chi connectivity index (χ3v) is 4.09. The van der Waals surface area contributed by atoms with Crippen molar-refractivity contribution in [2.24, 2.45) is 0 Å². The average molecular weight is 282 g/mol. The maximum Gasteiger partial charge on any atom is 0.151 e. The van der Waals surface area contributed by atoms with E-state index in [1.54, 1.807) is 0 Å². The van der Waals surface area contributed by atoms with Gasteiger partial charge in [0.2, 0.25) is 0 Å². The van der Waals surface area contributed by atoms with Crippen LogP contribution < -0.4 is 4.90 Å². The summed E-state index contributed by atoms with van der Waals surface area (Å²) >= 11 is 0. The molecule has 1 aliphatic rings. The maximum absolute atomic E-state index is 4.41. The molecule has 0 atom stereocenters. The molecule has 0 amide bonds. The fraction of sp³-hybridized carbons (Fsp3) is 0.412. The van der Waals surface area contributed by atoms with Gasteiger partial charge >= 0.3 is 0 Å². The molecule has 21 heavy (non-hydrogen) atoms. The van der Waals surface area contributed by atoms with Crippen LogP contribution in [0.25, 0.3) is 11.3 Å². The van der Waals surface area contributed by atoms with Gasteiger partial charge in [-0.05, 0) is 26.0 Å². The molecule has 0 spiro atoms. The van der Waals surface area contributed by atoms with E-state index in [4.69, 9.17) is 0 Å². The lowest BCUT2D eigenvalue weighted by Gasteiger charge is -2.37. The molecule has 3 rings (SSSR count). The van der Waals surface area contributed by atoms with Gasteiger partial charge in [-0.15, -0.1) is 10.2 Å². The van der Waals surface area contributed by atoms with Crippen molar-refractivity contribution in [1.29, 1.82) is 0 Å². The summed E-state index contributed by atoms with van der Waals surface area (Å²) in [5, 5.41) is 8.78. The third kappa shape index (κ3) is 3.22. The van der Waals surface area contributed by atoms with Crippen molar-refractivity contribution in [3.8, 4) is 11.3 Å². The summed E-state index contributed by atoms with van der Waals surface area (Å²) in [5.74, 6) is 0.984. The number of piperazine rings is 1. The molecule has 110 valence electrons. The molecule has 0 bridgehead atoms. The first-order chi connectivity index (χ1) is 10.2. The van der Waals surface area contributed by atoms with Crippen LogP contribution in [-0.2, 0) is 0 Å². The van der Waals surface area contributed by atoms with Crippen molar-refractivity contribution in [3.63, 3.8) is 0 Å². The van der Waals surface area contributed by atoms with Crippen LogP contribution in [-0.4, -0.2) is 47.3 Å². The molecular weight excluding hydrogens is 260 g/mol. The molecule has 1 saturated heterocycles. The van der Waals surface area contributed by atoms with E-state index < -0.39 is 0 Å². The highest BCUT2D eigenvalue weighted by Gasteiger charge is 2.19. The van der Waals surface area contributed by atoms with Crippen LogP contribution in [0.2, 0.25) is 0 Å². The number of benzene rings is 1. The van der Waals surface area contributed by atoms with E-state index in [-0.39, 0.29) is 0 Å². The van der Waals surface area contributed by atoms with Crippen molar-refractivity contribution < 1.29 is 0 Å². The molecule has 2 heterocycles.